The molecule has 0 fully saturated rings. The summed E-state index contributed by atoms with van der Waals surface area (Å²) in [7, 11) is 3.74. The third kappa shape index (κ3) is 3.65. The van der Waals surface area contributed by atoms with Gasteiger partial charge in [0.2, 0.25) is 5.91 Å². The Morgan fingerprint density at radius 3 is 2.55 bits per heavy atom. The van der Waals surface area contributed by atoms with Crippen LogP contribution in [-0.4, -0.2) is 38.0 Å². The molecule has 6 nitrogen and oxygen atoms in total. The number of anilines is 1. The van der Waals surface area contributed by atoms with E-state index in [1.165, 1.54) is 17.3 Å². The Kier molecular flexibility index (Phi) is 5.40. The number of benzene rings is 2. The molecular weight excluding hydrogens is 382 g/mol. The molecule has 4 rings (SSSR count). The topological polar surface area (TPSA) is 56.0 Å². The summed E-state index contributed by atoms with van der Waals surface area (Å²) in [6, 6.07) is 17.9. The Hall–Kier alpha value is -3.06. The first-order chi connectivity index (χ1) is 14.1. The number of carbonyl (C=O) groups excluding carboxylic acids is 1. The maximum absolute atomic E-state index is 12.6. The number of rotatable bonds is 6. The smallest absolute Gasteiger partial charge is 0.237 e. The van der Waals surface area contributed by atoms with Gasteiger partial charge in [0.15, 0.2) is 11.0 Å². The van der Waals surface area contributed by atoms with Gasteiger partial charge < -0.3 is 14.0 Å². The van der Waals surface area contributed by atoms with Crippen LogP contribution >= 0.6 is 11.8 Å². The van der Waals surface area contributed by atoms with Crippen molar-refractivity contribution < 1.29 is 4.79 Å². The summed E-state index contributed by atoms with van der Waals surface area (Å²) in [6.45, 7) is 3.02. The molecule has 148 valence electrons. The van der Waals surface area contributed by atoms with Gasteiger partial charge in [-0.3, -0.25) is 4.79 Å². The van der Waals surface area contributed by atoms with Crippen molar-refractivity contribution in [1.29, 1.82) is 0 Å². The molecule has 0 bridgehead atoms. The molecule has 0 atom stereocenters. The number of hydrogen-bond donors (Lipinski definition) is 0. The van der Waals surface area contributed by atoms with E-state index >= 15 is 0 Å². The van der Waals surface area contributed by atoms with Gasteiger partial charge in [-0.05, 0) is 25.1 Å². The number of thioether (sulfide) groups is 1. The lowest BCUT2D eigenvalue weighted by atomic mass is 10.1. The quantitative estimate of drug-likeness (QED) is 0.451. The second kappa shape index (κ2) is 8.13. The molecule has 0 aliphatic carbocycles. The van der Waals surface area contributed by atoms with Crippen molar-refractivity contribution in [3.63, 3.8) is 0 Å². The molecule has 4 aromatic rings. The van der Waals surface area contributed by atoms with Crippen LogP contribution in [0.15, 0.2) is 66.0 Å². The minimum Gasteiger partial charge on any atom is -0.347 e. The van der Waals surface area contributed by atoms with Gasteiger partial charge in [-0.1, -0.05) is 48.2 Å². The second-order valence-corrected chi connectivity index (χ2v) is 7.73. The lowest BCUT2D eigenvalue weighted by Crippen LogP contribution is -2.27. The first-order valence-electron chi connectivity index (χ1n) is 9.52. The first-order valence-corrected chi connectivity index (χ1v) is 10.5. The van der Waals surface area contributed by atoms with Gasteiger partial charge in [0, 0.05) is 49.0 Å². The summed E-state index contributed by atoms with van der Waals surface area (Å²) in [5.74, 6) is 1.13. The minimum atomic E-state index is 0.0216. The zero-order valence-electron chi connectivity index (χ0n) is 16.7. The standard InChI is InChI=1S/C22H23N5OS/c1-4-27-14-18(17-12-8-9-13-19(17)27)21-23-24-22(26(21)3)29-15-20(28)25(2)16-10-6-5-7-11-16/h5-14H,4,15H2,1-3H3. The van der Waals surface area contributed by atoms with E-state index in [0.717, 1.165) is 34.2 Å². The van der Waals surface area contributed by atoms with Gasteiger partial charge in [0.25, 0.3) is 0 Å². The van der Waals surface area contributed by atoms with Crippen LogP contribution in [0.4, 0.5) is 5.69 Å². The SMILES string of the molecule is CCn1cc(-c2nnc(SCC(=O)N(C)c3ccccc3)n2C)c2ccccc21. The zero-order chi connectivity index (χ0) is 20.4. The number of aromatic nitrogens is 4. The molecule has 0 N–H and O–H groups in total. The number of hydrogen-bond acceptors (Lipinski definition) is 4. The molecule has 1 amide bonds. The summed E-state index contributed by atoms with van der Waals surface area (Å²) in [5, 5.41) is 10.6. The highest BCUT2D eigenvalue weighted by molar-refractivity contribution is 7.99. The van der Waals surface area contributed by atoms with Crippen LogP contribution in [0.3, 0.4) is 0 Å². The Morgan fingerprint density at radius 1 is 1.07 bits per heavy atom. The van der Waals surface area contributed by atoms with E-state index < -0.39 is 0 Å². The largest absolute Gasteiger partial charge is 0.347 e. The molecule has 0 aliphatic heterocycles. The summed E-state index contributed by atoms with van der Waals surface area (Å²) in [5.41, 5.74) is 3.11. The van der Waals surface area contributed by atoms with E-state index in [1.807, 2.05) is 54.1 Å². The predicted molar refractivity (Wildman–Crippen MR) is 118 cm³/mol. The van der Waals surface area contributed by atoms with Crippen molar-refractivity contribution in [3.8, 4) is 11.4 Å². The van der Waals surface area contributed by atoms with Gasteiger partial charge in [-0.2, -0.15) is 0 Å². The van der Waals surface area contributed by atoms with E-state index in [0.29, 0.717) is 5.75 Å². The Labute approximate surface area is 174 Å². The number of nitrogens with zero attached hydrogens (tertiary/aromatic N) is 5. The number of aryl methyl sites for hydroxylation is 1. The molecule has 2 heterocycles. The van der Waals surface area contributed by atoms with Crippen LogP contribution in [-0.2, 0) is 18.4 Å². The summed E-state index contributed by atoms with van der Waals surface area (Å²) in [4.78, 5) is 14.2. The van der Waals surface area contributed by atoms with E-state index in [-0.39, 0.29) is 5.91 Å². The van der Waals surface area contributed by atoms with Crippen LogP contribution in [0.1, 0.15) is 6.92 Å². The average molecular weight is 406 g/mol. The molecule has 0 saturated heterocycles. The first kappa shape index (κ1) is 19.3. The van der Waals surface area contributed by atoms with Crippen molar-refractivity contribution >= 4 is 34.3 Å². The van der Waals surface area contributed by atoms with Crippen molar-refractivity contribution in [2.45, 2.75) is 18.6 Å². The molecule has 7 heteroatoms. The Bertz CT molecular complexity index is 1150. The van der Waals surface area contributed by atoms with E-state index in [1.54, 1.807) is 11.9 Å². The van der Waals surface area contributed by atoms with Gasteiger partial charge in [-0.15, -0.1) is 10.2 Å². The zero-order valence-corrected chi connectivity index (χ0v) is 17.6. The molecule has 0 spiro atoms. The number of para-hydroxylation sites is 2. The van der Waals surface area contributed by atoms with Crippen molar-refractivity contribution in [1.82, 2.24) is 19.3 Å². The van der Waals surface area contributed by atoms with Crippen LogP contribution in [0.2, 0.25) is 0 Å². The maximum atomic E-state index is 12.6. The van der Waals surface area contributed by atoms with Crippen molar-refractivity contribution in [2.24, 2.45) is 7.05 Å². The monoisotopic (exact) mass is 405 g/mol. The third-order valence-corrected chi connectivity index (χ3v) is 6.05. The van der Waals surface area contributed by atoms with Crippen LogP contribution in [0.25, 0.3) is 22.3 Å². The van der Waals surface area contributed by atoms with Crippen LogP contribution in [0, 0.1) is 0 Å². The fraction of sp³-hybridized carbons (Fsp3) is 0.227. The molecular formula is C22H23N5OS. The summed E-state index contributed by atoms with van der Waals surface area (Å²) >= 11 is 1.40. The van der Waals surface area contributed by atoms with E-state index in [9.17, 15) is 4.79 Å². The molecule has 0 saturated carbocycles. The van der Waals surface area contributed by atoms with Gasteiger partial charge in [-0.25, -0.2) is 0 Å². The van der Waals surface area contributed by atoms with Crippen molar-refractivity contribution in [2.75, 3.05) is 17.7 Å². The number of fused-ring (bicyclic) bond motifs is 1. The van der Waals surface area contributed by atoms with Crippen LogP contribution < -0.4 is 4.90 Å². The highest BCUT2D eigenvalue weighted by Crippen LogP contribution is 2.31. The highest BCUT2D eigenvalue weighted by atomic mass is 32.2. The normalized spacial score (nSPS) is 11.1. The third-order valence-electron chi connectivity index (χ3n) is 5.05. The molecule has 0 unspecified atom stereocenters. The lowest BCUT2D eigenvalue weighted by molar-refractivity contribution is -0.115. The highest BCUT2D eigenvalue weighted by Gasteiger charge is 2.18. The van der Waals surface area contributed by atoms with Crippen molar-refractivity contribution in [3.05, 3.63) is 60.8 Å². The van der Waals surface area contributed by atoms with Crippen LogP contribution in [0.5, 0.6) is 0 Å². The number of amides is 1. The Balaban J connectivity index is 1.55. The fourth-order valence-corrected chi connectivity index (χ4v) is 4.21. The fourth-order valence-electron chi connectivity index (χ4n) is 3.38. The van der Waals surface area contributed by atoms with Gasteiger partial charge in [0.1, 0.15) is 0 Å². The molecule has 2 aromatic heterocycles. The summed E-state index contributed by atoms with van der Waals surface area (Å²) < 4.78 is 4.17. The lowest BCUT2D eigenvalue weighted by Gasteiger charge is -2.16. The minimum absolute atomic E-state index is 0.0216. The van der Waals surface area contributed by atoms with Gasteiger partial charge in [0.05, 0.1) is 5.75 Å². The summed E-state index contributed by atoms with van der Waals surface area (Å²) in [6.07, 6.45) is 2.12. The Morgan fingerprint density at radius 2 is 1.79 bits per heavy atom. The second-order valence-electron chi connectivity index (χ2n) is 6.79. The van der Waals surface area contributed by atoms with E-state index in [2.05, 4.69) is 40.0 Å². The molecule has 29 heavy (non-hydrogen) atoms. The molecule has 0 radical (unpaired) electrons. The molecule has 0 aliphatic rings. The number of carbonyl (C=O) groups is 1. The van der Waals surface area contributed by atoms with Gasteiger partial charge >= 0.3 is 0 Å². The predicted octanol–water partition coefficient (Wildman–Crippen LogP) is 4.21. The van der Waals surface area contributed by atoms with E-state index in [4.69, 9.17) is 0 Å². The maximum Gasteiger partial charge on any atom is 0.237 e. The molecule has 2 aromatic carbocycles. The average Bonchev–Trinajstić information content (AvgIpc) is 3.32.